The highest BCUT2D eigenvalue weighted by Crippen LogP contribution is 2.53. The Balaban J connectivity index is 0.00000156. The number of hydrogen-bond acceptors (Lipinski definition) is 5. The molecule has 2 aromatic rings. The summed E-state index contributed by atoms with van der Waals surface area (Å²) in [6.45, 7) is 2.90. The first kappa shape index (κ1) is 16.9. The van der Waals surface area contributed by atoms with E-state index in [1.807, 2.05) is 0 Å². The molecule has 0 radical (unpaired) electrons. The molecular formula is C16H20BrClN4O. The summed E-state index contributed by atoms with van der Waals surface area (Å²) in [5.74, 6) is 1.57. The third-order valence-corrected chi connectivity index (χ3v) is 5.34. The molecule has 2 heterocycles. The van der Waals surface area contributed by atoms with Crippen LogP contribution in [0.4, 0.5) is 0 Å². The number of likely N-dealkylation sites (N-methyl/N-ethyl adjacent to an activating group) is 1. The highest BCUT2D eigenvalue weighted by atomic mass is 79.9. The smallest absolute Gasteiger partial charge is 0.237 e. The molecule has 1 saturated heterocycles. The minimum Gasteiger partial charge on any atom is -0.338 e. The van der Waals surface area contributed by atoms with E-state index in [1.54, 1.807) is 0 Å². The number of rotatable bonds is 3. The van der Waals surface area contributed by atoms with Gasteiger partial charge in [0.15, 0.2) is 5.82 Å². The van der Waals surface area contributed by atoms with Gasteiger partial charge in [-0.25, -0.2) is 0 Å². The monoisotopic (exact) mass is 398 g/mol. The molecule has 23 heavy (non-hydrogen) atoms. The van der Waals surface area contributed by atoms with Crippen LogP contribution in [-0.2, 0) is 5.41 Å². The number of halogens is 2. The van der Waals surface area contributed by atoms with Gasteiger partial charge in [-0.3, -0.25) is 4.90 Å². The van der Waals surface area contributed by atoms with Crippen molar-refractivity contribution < 1.29 is 4.52 Å². The lowest BCUT2D eigenvalue weighted by Crippen LogP contribution is -2.44. The van der Waals surface area contributed by atoms with Crippen LogP contribution in [0.1, 0.15) is 36.2 Å². The van der Waals surface area contributed by atoms with Crippen molar-refractivity contribution in [3.05, 3.63) is 46.0 Å². The largest absolute Gasteiger partial charge is 0.338 e. The van der Waals surface area contributed by atoms with Gasteiger partial charge in [0.25, 0.3) is 0 Å². The second-order valence-electron chi connectivity index (χ2n) is 6.25. The fourth-order valence-electron chi connectivity index (χ4n) is 3.18. The third kappa shape index (κ3) is 3.05. The van der Waals surface area contributed by atoms with Gasteiger partial charge >= 0.3 is 0 Å². The van der Waals surface area contributed by atoms with Gasteiger partial charge < -0.3 is 9.84 Å². The van der Waals surface area contributed by atoms with Gasteiger partial charge in [-0.05, 0) is 37.6 Å². The molecule has 1 aromatic heterocycles. The second-order valence-corrected chi connectivity index (χ2v) is 7.16. The van der Waals surface area contributed by atoms with E-state index in [-0.39, 0.29) is 23.9 Å². The first-order valence-electron chi connectivity index (χ1n) is 7.70. The second kappa shape index (κ2) is 6.51. The maximum atomic E-state index is 5.65. The Morgan fingerprint density at radius 1 is 1.30 bits per heavy atom. The van der Waals surface area contributed by atoms with Crippen LogP contribution in [0.3, 0.4) is 0 Å². The van der Waals surface area contributed by atoms with Crippen molar-refractivity contribution in [1.82, 2.24) is 20.4 Å². The van der Waals surface area contributed by atoms with Crippen LogP contribution in [-0.4, -0.2) is 41.7 Å². The van der Waals surface area contributed by atoms with Crippen LogP contribution in [0, 0.1) is 0 Å². The van der Waals surface area contributed by atoms with Crippen molar-refractivity contribution in [3.8, 4) is 0 Å². The Kier molecular flexibility index (Phi) is 4.78. The lowest BCUT2D eigenvalue weighted by molar-refractivity contribution is 0.190. The van der Waals surface area contributed by atoms with Gasteiger partial charge in [-0.15, -0.1) is 12.4 Å². The summed E-state index contributed by atoms with van der Waals surface area (Å²) in [6, 6.07) is 8.65. The summed E-state index contributed by atoms with van der Waals surface area (Å²) >= 11 is 3.49. The summed E-state index contributed by atoms with van der Waals surface area (Å²) in [5, 5.41) is 7.66. The molecule has 2 aliphatic rings. The Morgan fingerprint density at radius 2 is 2.04 bits per heavy atom. The summed E-state index contributed by atoms with van der Waals surface area (Å²) in [4.78, 5) is 7.03. The summed E-state index contributed by atoms with van der Waals surface area (Å²) in [6.07, 6.45) is 2.16. The summed E-state index contributed by atoms with van der Waals surface area (Å²) in [5.41, 5.74) is 1.20. The van der Waals surface area contributed by atoms with E-state index in [4.69, 9.17) is 9.51 Å². The molecule has 2 fully saturated rings. The zero-order valence-corrected chi connectivity index (χ0v) is 15.4. The molecule has 1 aromatic carbocycles. The SMILES string of the molecule is CN1CCNCC1c1noc(C2(c3ccc(Br)cc3)CC2)n1.Cl. The zero-order chi connectivity index (χ0) is 15.2. The van der Waals surface area contributed by atoms with E-state index in [0.717, 1.165) is 48.7 Å². The molecule has 4 rings (SSSR count). The Morgan fingerprint density at radius 3 is 2.70 bits per heavy atom. The molecule has 1 unspecified atom stereocenters. The van der Waals surface area contributed by atoms with Gasteiger partial charge in [0.05, 0.1) is 11.5 Å². The normalized spacial score (nSPS) is 23.3. The molecular weight excluding hydrogens is 380 g/mol. The van der Waals surface area contributed by atoms with Crippen LogP contribution in [0.5, 0.6) is 0 Å². The van der Waals surface area contributed by atoms with Gasteiger partial charge in [-0.2, -0.15) is 4.98 Å². The van der Waals surface area contributed by atoms with Gasteiger partial charge in [-0.1, -0.05) is 33.2 Å². The summed E-state index contributed by atoms with van der Waals surface area (Å²) < 4.78 is 6.74. The standard InChI is InChI=1S/C16H19BrN4O.ClH/c1-21-9-8-18-10-13(21)14-19-15(22-20-14)16(6-7-16)11-2-4-12(17)5-3-11;/h2-5,13,18H,6-10H2,1H3;1H. The van der Waals surface area contributed by atoms with E-state index >= 15 is 0 Å². The molecule has 1 aliphatic carbocycles. The molecule has 124 valence electrons. The number of nitrogens with zero attached hydrogens (tertiary/aromatic N) is 3. The van der Waals surface area contributed by atoms with Crippen molar-refractivity contribution >= 4 is 28.3 Å². The van der Waals surface area contributed by atoms with E-state index in [9.17, 15) is 0 Å². The molecule has 7 heteroatoms. The first-order valence-corrected chi connectivity index (χ1v) is 8.49. The predicted molar refractivity (Wildman–Crippen MR) is 93.9 cm³/mol. The van der Waals surface area contributed by atoms with Crippen LogP contribution in [0.25, 0.3) is 0 Å². The van der Waals surface area contributed by atoms with Gasteiger partial charge in [0, 0.05) is 24.1 Å². The van der Waals surface area contributed by atoms with Gasteiger partial charge in [0.1, 0.15) is 0 Å². The van der Waals surface area contributed by atoms with Crippen molar-refractivity contribution in [2.75, 3.05) is 26.7 Å². The fourth-order valence-corrected chi connectivity index (χ4v) is 3.44. The predicted octanol–water partition coefficient (Wildman–Crippen LogP) is 2.91. The molecule has 0 bridgehead atoms. The molecule has 1 saturated carbocycles. The Labute approximate surface area is 150 Å². The van der Waals surface area contributed by atoms with Crippen molar-refractivity contribution in [2.24, 2.45) is 0 Å². The van der Waals surface area contributed by atoms with E-state index in [0.29, 0.717) is 0 Å². The Hall–Kier alpha value is -0.950. The van der Waals surface area contributed by atoms with Crippen molar-refractivity contribution in [3.63, 3.8) is 0 Å². The van der Waals surface area contributed by atoms with Crippen molar-refractivity contribution in [1.29, 1.82) is 0 Å². The average molecular weight is 400 g/mol. The van der Waals surface area contributed by atoms with E-state index in [1.165, 1.54) is 5.56 Å². The highest BCUT2D eigenvalue weighted by Gasteiger charge is 2.51. The lowest BCUT2D eigenvalue weighted by atomic mass is 9.96. The number of hydrogen-bond donors (Lipinski definition) is 1. The zero-order valence-electron chi connectivity index (χ0n) is 13.0. The van der Waals surface area contributed by atoms with Crippen LogP contribution >= 0.6 is 28.3 Å². The van der Waals surface area contributed by atoms with Gasteiger partial charge in [0.2, 0.25) is 5.89 Å². The van der Waals surface area contributed by atoms with E-state index in [2.05, 4.69) is 62.6 Å². The number of nitrogens with one attached hydrogen (secondary N) is 1. The number of benzene rings is 1. The topological polar surface area (TPSA) is 54.2 Å². The van der Waals surface area contributed by atoms with Crippen LogP contribution in [0.15, 0.2) is 33.3 Å². The molecule has 1 aliphatic heterocycles. The quantitative estimate of drug-likeness (QED) is 0.860. The Bertz CT molecular complexity index is 671. The molecule has 1 atom stereocenters. The minimum absolute atomic E-state index is 0. The molecule has 0 amide bonds. The lowest BCUT2D eigenvalue weighted by Gasteiger charge is -2.30. The third-order valence-electron chi connectivity index (χ3n) is 4.81. The van der Waals surface area contributed by atoms with Crippen LogP contribution < -0.4 is 5.32 Å². The molecule has 5 nitrogen and oxygen atoms in total. The fraction of sp³-hybridized carbons (Fsp3) is 0.500. The number of piperazine rings is 1. The van der Waals surface area contributed by atoms with E-state index < -0.39 is 0 Å². The first-order chi connectivity index (χ1) is 10.7. The maximum absolute atomic E-state index is 5.65. The molecule has 0 spiro atoms. The highest BCUT2D eigenvalue weighted by molar-refractivity contribution is 9.10. The summed E-state index contributed by atoms with van der Waals surface area (Å²) in [7, 11) is 2.11. The maximum Gasteiger partial charge on any atom is 0.237 e. The molecule has 1 N–H and O–H groups in total. The number of aromatic nitrogens is 2. The van der Waals surface area contributed by atoms with Crippen LogP contribution in [0.2, 0.25) is 0 Å². The van der Waals surface area contributed by atoms with Crippen molar-refractivity contribution in [2.45, 2.75) is 24.3 Å². The minimum atomic E-state index is -0.0629. The average Bonchev–Trinajstić information content (AvgIpc) is 3.19.